The highest BCUT2D eigenvalue weighted by molar-refractivity contribution is 7.17. The molecule has 3 aromatic rings. The number of piperazine rings is 1. The fraction of sp³-hybridized carbons (Fsp3) is 0.522. The van der Waals surface area contributed by atoms with Crippen LogP contribution in [0.15, 0.2) is 30.5 Å². The number of benzene rings is 1. The number of hydrogen-bond acceptors (Lipinski definition) is 6. The molecule has 1 aromatic carbocycles. The van der Waals surface area contributed by atoms with Crippen LogP contribution in [0, 0.1) is 0 Å². The second-order valence-electron chi connectivity index (χ2n) is 8.24. The highest BCUT2D eigenvalue weighted by Crippen LogP contribution is 2.23. The standard InChI is InChI=1S/C23H32N6OS/c1-3-7-18(15-17-16-24-20-9-6-5-8-19(17)20)25-21(30)22-26-27-23(31-22)29-13-11-28(10-4-2)12-14-29/h5-6,8-9,16,18,24H,3-4,7,10-15H2,1-2H3,(H,25,30). The van der Waals surface area contributed by atoms with E-state index in [-0.39, 0.29) is 11.9 Å². The molecule has 0 radical (unpaired) electrons. The predicted octanol–water partition coefficient (Wildman–Crippen LogP) is 3.69. The first-order chi connectivity index (χ1) is 15.2. The molecule has 1 fully saturated rings. The zero-order chi connectivity index (χ0) is 21.6. The van der Waals surface area contributed by atoms with Crippen LogP contribution in [0.4, 0.5) is 5.13 Å². The summed E-state index contributed by atoms with van der Waals surface area (Å²) in [4.78, 5) is 21.0. The number of aromatic nitrogens is 3. The summed E-state index contributed by atoms with van der Waals surface area (Å²) in [5.41, 5.74) is 2.36. The predicted molar refractivity (Wildman–Crippen MR) is 127 cm³/mol. The number of carbonyl (C=O) groups excluding carboxylic acids is 1. The molecule has 0 spiro atoms. The SMILES string of the molecule is CCCC(Cc1c[nH]c2ccccc12)NC(=O)c1nnc(N2CCN(CCC)CC2)s1. The Bertz CT molecular complexity index is 991. The van der Waals surface area contributed by atoms with E-state index >= 15 is 0 Å². The second kappa shape index (κ2) is 10.2. The number of amides is 1. The van der Waals surface area contributed by atoms with Crippen LogP contribution >= 0.6 is 11.3 Å². The van der Waals surface area contributed by atoms with Crippen LogP contribution in [0.5, 0.6) is 0 Å². The average molecular weight is 441 g/mol. The lowest BCUT2D eigenvalue weighted by Gasteiger charge is -2.34. The van der Waals surface area contributed by atoms with Crippen LogP contribution < -0.4 is 10.2 Å². The molecule has 2 aromatic heterocycles. The number of anilines is 1. The van der Waals surface area contributed by atoms with E-state index in [1.165, 1.54) is 28.7 Å². The zero-order valence-electron chi connectivity index (χ0n) is 18.4. The van der Waals surface area contributed by atoms with E-state index in [4.69, 9.17) is 0 Å². The van der Waals surface area contributed by atoms with E-state index in [1.54, 1.807) is 0 Å². The summed E-state index contributed by atoms with van der Waals surface area (Å²) >= 11 is 1.40. The normalized spacial score (nSPS) is 16.0. The smallest absolute Gasteiger partial charge is 0.282 e. The van der Waals surface area contributed by atoms with Crippen molar-refractivity contribution in [2.45, 2.75) is 45.6 Å². The van der Waals surface area contributed by atoms with Gasteiger partial charge in [-0.3, -0.25) is 9.69 Å². The summed E-state index contributed by atoms with van der Waals surface area (Å²) in [5.74, 6) is -0.119. The number of rotatable bonds is 9. The number of carbonyl (C=O) groups is 1. The molecule has 1 atom stereocenters. The van der Waals surface area contributed by atoms with Crippen molar-refractivity contribution >= 4 is 33.3 Å². The fourth-order valence-electron chi connectivity index (χ4n) is 4.30. The summed E-state index contributed by atoms with van der Waals surface area (Å²) in [6.45, 7) is 9.47. The van der Waals surface area contributed by atoms with Crippen molar-refractivity contribution in [3.63, 3.8) is 0 Å². The molecule has 31 heavy (non-hydrogen) atoms. The van der Waals surface area contributed by atoms with Crippen LogP contribution in [0.1, 0.15) is 48.5 Å². The lowest BCUT2D eigenvalue weighted by atomic mass is 10.0. The Kier molecular flexibility index (Phi) is 7.19. The molecule has 7 nitrogen and oxygen atoms in total. The molecule has 3 heterocycles. The highest BCUT2D eigenvalue weighted by Gasteiger charge is 2.23. The average Bonchev–Trinajstić information content (AvgIpc) is 3.43. The molecule has 1 aliphatic rings. The minimum absolute atomic E-state index is 0.0710. The molecule has 4 rings (SSSR count). The number of para-hydroxylation sites is 1. The van der Waals surface area contributed by atoms with Gasteiger partial charge in [0.05, 0.1) is 0 Å². The van der Waals surface area contributed by atoms with Crippen LogP contribution in [-0.4, -0.2) is 64.8 Å². The third-order valence-corrected chi connectivity index (χ3v) is 6.89. The van der Waals surface area contributed by atoms with E-state index in [0.29, 0.717) is 5.01 Å². The number of nitrogens with one attached hydrogen (secondary N) is 2. The second-order valence-corrected chi connectivity index (χ2v) is 9.20. The Balaban J connectivity index is 1.38. The molecule has 2 N–H and O–H groups in total. The van der Waals surface area contributed by atoms with Crippen molar-refractivity contribution in [1.82, 2.24) is 25.4 Å². The minimum atomic E-state index is -0.119. The third-order valence-electron chi connectivity index (χ3n) is 5.90. The lowest BCUT2D eigenvalue weighted by molar-refractivity contribution is 0.0933. The first-order valence-electron chi connectivity index (χ1n) is 11.3. The van der Waals surface area contributed by atoms with Gasteiger partial charge in [0.15, 0.2) is 0 Å². The monoisotopic (exact) mass is 440 g/mol. The van der Waals surface area contributed by atoms with Crippen molar-refractivity contribution in [3.8, 4) is 0 Å². The van der Waals surface area contributed by atoms with Gasteiger partial charge < -0.3 is 15.2 Å². The zero-order valence-corrected chi connectivity index (χ0v) is 19.2. The van der Waals surface area contributed by atoms with Gasteiger partial charge in [-0.15, -0.1) is 10.2 Å². The van der Waals surface area contributed by atoms with E-state index < -0.39 is 0 Å². The topological polar surface area (TPSA) is 77.1 Å². The van der Waals surface area contributed by atoms with Crippen molar-refractivity contribution in [1.29, 1.82) is 0 Å². The minimum Gasteiger partial charge on any atom is -0.361 e. The first kappa shape index (κ1) is 21.8. The molecule has 0 aliphatic carbocycles. The Morgan fingerprint density at radius 3 is 2.74 bits per heavy atom. The van der Waals surface area contributed by atoms with Gasteiger partial charge in [0, 0.05) is 49.3 Å². The maximum absolute atomic E-state index is 12.9. The van der Waals surface area contributed by atoms with E-state index in [1.807, 2.05) is 6.07 Å². The molecular formula is C23H32N6OS. The van der Waals surface area contributed by atoms with Gasteiger partial charge in [0.1, 0.15) is 0 Å². The van der Waals surface area contributed by atoms with Crippen molar-refractivity contribution < 1.29 is 4.79 Å². The van der Waals surface area contributed by atoms with Gasteiger partial charge in [-0.2, -0.15) is 0 Å². The number of hydrogen-bond donors (Lipinski definition) is 2. The number of H-pyrrole nitrogens is 1. The Morgan fingerprint density at radius 1 is 1.16 bits per heavy atom. The first-order valence-corrected chi connectivity index (χ1v) is 12.2. The number of aromatic amines is 1. The summed E-state index contributed by atoms with van der Waals surface area (Å²) < 4.78 is 0. The maximum atomic E-state index is 12.9. The summed E-state index contributed by atoms with van der Waals surface area (Å²) in [7, 11) is 0. The van der Waals surface area contributed by atoms with E-state index in [2.05, 4.69) is 68.5 Å². The molecule has 1 unspecified atom stereocenters. The summed E-state index contributed by atoms with van der Waals surface area (Å²) in [5, 5.41) is 14.2. The van der Waals surface area contributed by atoms with Crippen LogP contribution in [-0.2, 0) is 6.42 Å². The van der Waals surface area contributed by atoms with E-state index in [0.717, 1.165) is 62.6 Å². The molecule has 166 valence electrons. The van der Waals surface area contributed by atoms with E-state index in [9.17, 15) is 4.79 Å². The van der Waals surface area contributed by atoms with Gasteiger partial charge in [-0.05, 0) is 37.4 Å². The van der Waals surface area contributed by atoms with Crippen molar-refractivity contribution in [2.75, 3.05) is 37.6 Å². The molecular weight excluding hydrogens is 408 g/mol. The van der Waals surface area contributed by atoms with Crippen LogP contribution in [0.2, 0.25) is 0 Å². The third kappa shape index (κ3) is 5.25. The van der Waals surface area contributed by atoms with Crippen molar-refractivity contribution in [3.05, 3.63) is 41.0 Å². The van der Waals surface area contributed by atoms with Gasteiger partial charge in [-0.25, -0.2) is 0 Å². The van der Waals surface area contributed by atoms with Gasteiger partial charge in [0.2, 0.25) is 10.1 Å². The number of fused-ring (bicyclic) bond motifs is 1. The molecule has 1 aliphatic heterocycles. The molecule has 8 heteroatoms. The Morgan fingerprint density at radius 2 is 1.97 bits per heavy atom. The fourth-order valence-corrected chi connectivity index (χ4v) is 5.10. The quantitative estimate of drug-likeness (QED) is 0.531. The van der Waals surface area contributed by atoms with Gasteiger partial charge >= 0.3 is 0 Å². The Hall–Kier alpha value is -2.45. The largest absolute Gasteiger partial charge is 0.361 e. The summed E-state index contributed by atoms with van der Waals surface area (Å²) in [6.07, 6.45) is 5.98. The summed E-state index contributed by atoms with van der Waals surface area (Å²) in [6, 6.07) is 8.37. The molecule has 0 bridgehead atoms. The Labute approximate surface area is 187 Å². The maximum Gasteiger partial charge on any atom is 0.282 e. The van der Waals surface area contributed by atoms with Crippen LogP contribution in [0.3, 0.4) is 0 Å². The molecule has 1 saturated heterocycles. The lowest BCUT2D eigenvalue weighted by Crippen LogP contribution is -2.46. The highest BCUT2D eigenvalue weighted by atomic mass is 32.1. The molecule has 1 amide bonds. The van der Waals surface area contributed by atoms with Crippen molar-refractivity contribution in [2.24, 2.45) is 0 Å². The number of nitrogens with zero attached hydrogens (tertiary/aromatic N) is 4. The molecule has 0 saturated carbocycles. The van der Waals surface area contributed by atoms with Crippen LogP contribution in [0.25, 0.3) is 10.9 Å². The van der Waals surface area contributed by atoms with Gasteiger partial charge in [0.25, 0.3) is 5.91 Å². The van der Waals surface area contributed by atoms with Gasteiger partial charge in [-0.1, -0.05) is 49.8 Å².